The molecule has 1 fully saturated rings. The van der Waals surface area contributed by atoms with Gasteiger partial charge in [-0.3, -0.25) is 14.4 Å². The van der Waals surface area contributed by atoms with Crippen LogP contribution in [0.5, 0.6) is 0 Å². The SMILES string of the molecule is NC(=O)c1ccc(CC(=O)C(C[C@@H]2CCCCO2)n2cc3c(cc2=O)-c2cc(Cl)ccc2CC(CO)OC3)cc1. The summed E-state index contributed by atoms with van der Waals surface area (Å²) in [5.41, 5.74) is 9.32. The molecule has 3 aromatic rings. The molecule has 0 saturated carbocycles. The lowest BCUT2D eigenvalue weighted by atomic mass is 9.91. The summed E-state index contributed by atoms with van der Waals surface area (Å²) in [4.78, 5) is 38.9. The molecular formula is C31H33ClN2O6. The molecule has 2 aliphatic heterocycles. The number of aromatic nitrogens is 1. The minimum absolute atomic E-state index is 0.0848. The quantitative estimate of drug-likeness (QED) is 0.426. The van der Waals surface area contributed by atoms with Gasteiger partial charge in [0.05, 0.1) is 31.5 Å². The van der Waals surface area contributed by atoms with Crippen molar-refractivity contribution < 1.29 is 24.2 Å². The Balaban J connectivity index is 1.53. The summed E-state index contributed by atoms with van der Waals surface area (Å²) in [5.74, 6) is -0.669. The largest absolute Gasteiger partial charge is 0.394 e. The first-order valence-electron chi connectivity index (χ1n) is 13.6. The number of Topliss-reactive ketones (excluding diaryl/α,β-unsaturated/α-hetero) is 1. The molecule has 210 valence electrons. The standard InChI is InChI=1S/C31H33ClN2O6/c32-23-9-8-21-12-25(17-35)40-18-22-16-34(30(37)15-27(22)26(21)13-23)28(14-24-3-1-2-10-39-24)29(36)11-19-4-6-20(7-5-19)31(33)38/h4-9,13,15-16,24-25,28,35H,1-3,10-12,14,17-18H2,(H2,33,38)/t24-,25?,28?/m0/s1. The van der Waals surface area contributed by atoms with Gasteiger partial charge in [-0.15, -0.1) is 0 Å². The van der Waals surface area contributed by atoms with E-state index in [9.17, 15) is 19.5 Å². The second kappa shape index (κ2) is 12.5. The lowest BCUT2D eigenvalue weighted by Crippen LogP contribution is -2.35. The number of ether oxygens (including phenoxy) is 2. The van der Waals surface area contributed by atoms with Gasteiger partial charge in [0, 0.05) is 54.3 Å². The number of aliphatic hydroxyl groups is 1. The van der Waals surface area contributed by atoms with Gasteiger partial charge in [-0.1, -0.05) is 29.8 Å². The van der Waals surface area contributed by atoms with E-state index >= 15 is 0 Å². The van der Waals surface area contributed by atoms with Gasteiger partial charge >= 0.3 is 0 Å². The van der Waals surface area contributed by atoms with Crippen LogP contribution in [-0.2, 0) is 33.7 Å². The van der Waals surface area contributed by atoms with Crippen molar-refractivity contribution >= 4 is 23.3 Å². The molecule has 5 rings (SSSR count). The van der Waals surface area contributed by atoms with Gasteiger partial charge in [0.25, 0.3) is 5.56 Å². The molecule has 2 unspecified atom stereocenters. The molecule has 1 aromatic heterocycles. The number of halogens is 1. The van der Waals surface area contributed by atoms with Gasteiger partial charge in [-0.2, -0.15) is 0 Å². The van der Waals surface area contributed by atoms with E-state index < -0.39 is 18.1 Å². The molecule has 0 bridgehead atoms. The summed E-state index contributed by atoms with van der Waals surface area (Å²) in [7, 11) is 0. The average Bonchev–Trinajstić information content (AvgIpc) is 2.95. The first-order chi connectivity index (χ1) is 19.3. The second-order valence-corrected chi connectivity index (χ2v) is 11.0. The number of nitrogens with two attached hydrogens (primary N) is 1. The molecule has 0 spiro atoms. The molecule has 1 amide bonds. The third kappa shape index (κ3) is 6.36. The number of fused-ring (bicyclic) bond motifs is 3. The van der Waals surface area contributed by atoms with Gasteiger partial charge in [-0.05, 0) is 65.8 Å². The first kappa shape index (κ1) is 28.2. The van der Waals surface area contributed by atoms with Crippen molar-refractivity contribution in [1.82, 2.24) is 4.57 Å². The first-order valence-corrected chi connectivity index (χ1v) is 14.0. The Kier molecular flexibility index (Phi) is 8.81. The van der Waals surface area contributed by atoms with Crippen molar-refractivity contribution in [1.29, 1.82) is 0 Å². The van der Waals surface area contributed by atoms with Crippen LogP contribution in [0.2, 0.25) is 5.02 Å². The van der Waals surface area contributed by atoms with Gasteiger partial charge in [0.15, 0.2) is 5.78 Å². The van der Waals surface area contributed by atoms with Crippen molar-refractivity contribution in [3.63, 3.8) is 0 Å². The van der Waals surface area contributed by atoms with E-state index in [1.807, 2.05) is 12.1 Å². The molecule has 2 aliphatic rings. The highest BCUT2D eigenvalue weighted by Crippen LogP contribution is 2.34. The number of primary amides is 1. The second-order valence-electron chi connectivity index (χ2n) is 10.5. The van der Waals surface area contributed by atoms with Crippen molar-refractivity contribution in [2.24, 2.45) is 5.73 Å². The molecule has 3 heterocycles. The van der Waals surface area contributed by atoms with E-state index in [0.29, 0.717) is 35.6 Å². The minimum Gasteiger partial charge on any atom is -0.394 e. The Labute approximate surface area is 237 Å². The lowest BCUT2D eigenvalue weighted by Gasteiger charge is -2.29. The van der Waals surface area contributed by atoms with Crippen LogP contribution < -0.4 is 11.3 Å². The number of benzene rings is 2. The zero-order chi connectivity index (χ0) is 28.2. The van der Waals surface area contributed by atoms with Crippen molar-refractivity contribution in [2.45, 2.75) is 63.4 Å². The van der Waals surface area contributed by atoms with E-state index in [4.69, 9.17) is 26.8 Å². The fourth-order valence-corrected chi connectivity index (χ4v) is 5.73. The normalized spacial score (nSPS) is 19.6. The van der Waals surface area contributed by atoms with E-state index in [1.165, 1.54) is 4.57 Å². The van der Waals surface area contributed by atoms with Gasteiger partial charge in [-0.25, -0.2) is 0 Å². The maximum absolute atomic E-state index is 13.8. The Morgan fingerprint density at radius 3 is 2.50 bits per heavy atom. The van der Waals surface area contributed by atoms with Crippen LogP contribution in [0.3, 0.4) is 0 Å². The zero-order valence-electron chi connectivity index (χ0n) is 22.2. The van der Waals surface area contributed by atoms with E-state index in [-0.39, 0.29) is 37.1 Å². The lowest BCUT2D eigenvalue weighted by molar-refractivity contribution is -0.123. The van der Waals surface area contributed by atoms with Crippen LogP contribution in [0.25, 0.3) is 11.1 Å². The molecule has 9 heteroatoms. The fourth-order valence-electron chi connectivity index (χ4n) is 5.56. The molecule has 3 atom stereocenters. The van der Waals surface area contributed by atoms with Crippen molar-refractivity contribution in [3.8, 4) is 11.1 Å². The topological polar surface area (TPSA) is 121 Å². The fraction of sp³-hybridized carbons (Fsp3) is 0.387. The summed E-state index contributed by atoms with van der Waals surface area (Å²) in [6.07, 6.45) is 4.92. The molecule has 1 saturated heterocycles. The van der Waals surface area contributed by atoms with Gasteiger partial charge < -0.3 is 24.9 Å². The maximum Gasteiger partial charge on any atom is 0.251 e. The summed E-state index contributed by atoms with van der Waals surface area (Å²) >= 11 is 6.33. The third-order valence-corrected chi connectivity index (χ3v) is 7.97. The minimum atomic E-state index is -0.755. The number of nitrogens with zero attached hydrogens (tertiary/aromatic N) is 1. The van der Waals surface area contributed by atoms with E-state index in [1.54, 1.807) is 42.6 Å². The van der Waals surface area contributed by atoms with E-state index in [2.05, 4.69) is 0 Å². The highest BCUT2D eigenvalue weighted by atomic mass is 35.5. The molecule has 0 radical (unpaired) electrons. The van der Waals surface area contributed by atoms with Crippen molar-refractivity contribution in [3.05, 3.63) is 92.4 Å². The number of rotatable bonds is 8. The van der Waals surface area contributed by atoms with Crippen LogP contribution in [0.1, 0.15) is 58.8 Å². The number of hydrogen-bond acceptors (Lipinski definition) is 6. The number of hydrogen-bond donors (Lipinski definition) is 2. The van der Waals surface area contributed by atoms with Crippen LogP contribution in [0, 0.1) is 0 Å². The van der Waals surface area contributed by atoms with Crippen LogP contribution >= 0.6 is 11.6 Å². The monoisotopic (exact) mass is 564 g/mol. The van der Waals surface area contributed by atoms with E-state index in [0.717, 1.165) is 41.5 Å². The summed E-state index contributed by atoms with van der Waals surface area (Å²) in [6.45, 7) is 0.654. The van der Waals surface area contributed by atoms with Crippen molar-refractivity contribution in [2.75, 3.05) is 13.2 Å². The molecule has 0 aliphatic carbocycles. The van der Waals surface area contributed by atoms with Crippen LogP contribution in [0.15, 0.2) is 59.5 Å². The summed E-state index contributed by atoms with van der Waals surface area (Å²) in [5, 5.41) is 10.4. The number of pyridine rings is 1. The predicted molar refractivity (Wildman–Crippen MR) is 151 cm³/mol. The Morgan fingerprint density at radius 2 is 1.80 bits per heavy atom. The predicted octanol–water partition coefficient (Wildman–Crippen LogP) is 4.01. The summed E-state index contributed by atoms with van der Waals surface area (Å²) < 4.78 is 13.5. The Morgan fingerprint density at radius 1 is 1.02 bits per heavy atom. The molecule has 2 aromatic carbocycles. The highest BCUT2D eigenvalue weighted by Gasteiger charge is 2.29. The van der Waals surface area contributed by atoms with Crippen LogP contribution in [-0.4, -0.2) is 46.8 Å². The molecule has 40 heavy (non-hydrogen) atoms. The molecule has 3 N–H and O–H groups in total. The Hall–Kier alpha value is -3.30. The number of aliphatic hydroxyl groups excluding tert-OH is 1. The smallest absolute Gasteiger partial charge is 0.251 e. The Bertz CT molecular complexity index is 1450. The summed E-state index contributed by atoms with van der Waals surface area (Å²) in [6, 6.07) is 12.9. The van der Waals surface area contributed by atoms with Gasteiger partial charge in [0.1, 0.15) is 0 Å². The molecule has 8 nitrogen and oxygen atoms in total. The third-order valence-electron chi connectivity index (χ3n) is 7.74. The maximum atomic E-state index is 13.8. The van der Waals surface area contributed by atoms with Crippen LogP contribution in [0.4, 0.5) is 0 Å². The number of carbonyl (C=O) groups is 2. The number of amides is 1. The zero-order valence-corrected chi connectivity index (χ0v) is 22.9. The number of ketones is 1. The van der Waals surface area contributed by atoms with Gasteiger partial charge in [0.2, 0.25) is 5.91 Å². The molecular weight excluding hydrogens is 532 g/mol. The average molecular weight is 565 g/mol. The number of carbonyl (C=O) groups excluding carboxylic acids is 2. The highest BCUT2D eigenvalue weighted by molar-refractivity contribution is 6.30.